The third-order valence-corrected chi connectivity index (χ3v) is 5.67. The highest BCUT2D eigenvalue weighted by molar-refractivity contribution is 6.05. The molecule has 0 spiro atoms. The second kappa shape index (κ2) is 8.48. The summed E-state index contributed by atoms with van der Waals surface area (Å²) < 4.78 is 1.94. The minimum Gasteiger partial charge on any atom is -0.336 e. The number of nitrogens with one attached hydrogen (secondary N) is 1. The first-order valence-electron chi connectivity index (χ1n) is 10.4. The van der Waals surface area contributed by atoms with Crippen molar-refractivity contribution in [1.29, 1.82) is 5.26 Å². The van der Waals surface area contributed by atoms with Crippen LogP contribution >= 0.6 is 0 Å². The van der Waals surface area contributed by atoms with E-state index in [0.717, 1.165) is 63.7 Å². The number of anilines is 1. The van der Waals surface area contributed by atoms with Crippen LogP contribution in [0.25, 0.3) is 0 Å². The van der Waals surface area contributed by atoms with Gasteiger partial charge >= 0.3 is 0 Å². The quantitative estimate of drug-likeness (QED) is 0.868. The molecule has 3 heterocycles. The lowest BCUT2D eigenvalue weighted by atomic mass is 10.1. The second-order valence-electron chi connectivity index (χ2n) is 7.69. The Morgan fingerprint density at radius 3 is 2.55 bits per heavy atom. The van der Waals surface area contributed by atoms with Crippen molar-refractivity contribution < 1.29 is 9.59 Å². The molecule has 1 aromatic carbocycles. The molecule has 0 radical (unpaired) electrons. The van der Waals surface area contributed by atoms with Crippen molar-refractivity contribution in [1.82, 2.24) is 14.5 Å². The molecule has 2 aromatic rings. The number of nitrogens with zero attached hydrogens (tertiary/aromatic N) is 4. The minimum absolute atomic E-state index is 0.0689. The first-order valence-corrected chi connectivity index (χ1v) is 10.4. The summed E-state index contributed by atoms with van der Waals surface area (Å²) in [5.41, 5.74) is 2.19. The van der Waals surface area contributed by atoms with Gasteiger partial charge in [0.15, 0.2) is 11.5 Å². The van der Waals surface area contributed by atoms with Crippen molar-refractivity contribution in [2.75, 3.05) is 18.4 Å². The molecule has 0 aliphatic carbocycles. The van der Waals surface area contributed by atoms with Gasteiger partial charge in [0.25, 0.3) is 11.8 Å². The normalized spacial score (nSPS) is 16.4. The van der Waals surface area contributed by atoms with Gasteiger partial charge in [0, 0.05) is 25.3 Å². The van der Waals surface area contributed by atoms with Crippen molar-refractivity contribution in [3.8, 4) is 6.07 Å². The predicted octanol–water partition coefficient (Wildman–Crippen LogP) is 3.36. The predicted molar refractivity (Wildman–Crippen MR) is 109 cm³/mol. The summed E-state index contributed by atoms with van der Waals surface area (Å²) in [6, 6.07) is 8.85. The molecule has 2 aliphatic rings. The first kappa shape index (κ1) is 19.2. The molecule has 29 heavy (non-hydrogen) atoms. The standard InChI is InChI=1S/C22H25N5O2/c23-15-16-8-7-9-17(14-16)24-21(28)19-18-10-3-6-13-27(18)20(25-19)22(29)26-11-4-1-2-5-12-26/h7-9,14H,1-6,10-13H2,(H,24,28). The number of aromatic nitrogens is 2. The van der Waals surface area contributed by atoms with Crippen LogP contribution in [0.15, 0.2) is 24.3 Å². The summed E-state index contributed by atoms with van der Waals surface area (Å²) in [7, 11) is 0. The van der Waals surface area contributed by atoms with Crippen LogP contribution in [0.2, 0.25) is 0 Å². The van der Waals surface area contributed by atoms with Gasteiger partial charge in [-0.1, -0.05) is 18.9 Å². The van der Waals surface area contributed by atoms with E-state index in [-0.39, 0.29) is 11.8 Å². The average molecular weight is 391 g/mol. The zero-order valence-electron chi connectivity index (χ0n) is 16.5. The molecule has 2 amide bonds. The Bertz CT molecular complexity index is 964. The number of rotatable bonds is 3. The Morgan fingerprint density at radius 1 is 1.03 bits per heavy atom. The number of likely N-dealkylation sites (tertiary alicyclic amines) is 1. The van der Waals surface area contributed by atoms with Gasteiger partial charge < -0.3 is 14.8 Å². The molecule has 7 heteroatoms. The third kappa shape index (κ3) is 4.02. The molecule has 7 nitrogen and oxygen atoms in total. The Hall–Kier alpha value is -3.14. The van der Waals surface area contributed by atoms with Gasteiger partial charge in [-0.3, -0.25) is 9.59 Å². The number of hydrogen-bond acceptors (Lipinski definition) is 4. The molecule has 0 atom stereocenters. The lowest BCUT2D eigenvalue weighted by Gasteiger charge is -2.22. The average Bonchev–Trinajstić information content (AvgIpc) is 2.93. The van der Waals surface area contributed by atoms with Gasteiger partial charge in [0.2, 0.25) is 0 Å². The summed E-state index contributed by atoms with van der Waals surface area (Å²) >= 11 is 0. The molecule has 1 N–H and O–H groups in total. The Kier molecular flexibility index (Phi) is 5.61. The maximum atomic E-state index is 13.2. The number of benzene rings is 1. The van der Waals surface area contributed by atoms with Crippen LogP contribution in [0.3, 0.4) is 0 Å². The SMILES string of the molecule is N#Cc1cccc(NC(=O)c2nc(C(=O)N3CCCCCC3)n3c2CCCC3)c1. The van der Waals surface area contributed by atoms with Crippen LogP contribution in [-0.4, -0.2) is 39.4 Å². The first-order chi connectivity index (χ1) is 14.2. The third-order valence-electron chi connectivity index (χ3n) is 5.67. The smallest absolute Gasteiger partial charge is 0.289 e. The lowest BCUT2D eigenvalue weighted by Crippen LogP contribution is -2.34. The van der Waals surface area contributed by atoms with E-state index in [1.54, 1.807) is 24.3 Å². The van der Waals surface area contributed by atoms with Crippen LogP contribution in [0.1, 0.15) is 70.9 Å². The van der Waals surface area contributed by atoms with Crippen LogP contribution in [0.4, 0.5) is 5.69 Å². The van der Waals surface area contributed by atoms with Crippen LogP contribution in [0, 0.1) is 11.3 Å². The highest BCUT2D eigenvalue weighted by Gasteiger charge is 2.30. The van der Waals surface area contributed by atoms with E-state index in [0.29, 0.717) is 29.3 Å². The molecule has 0 bridgehead atoms. The van der Waals surface area contributed by atoms with Crippen LogP contribution < -0.4 is 5.32 Å². The van der Waals surface area contributed by atoms with Crippen molar-refractivity contribution in [3.63, 3.8) is 0 Å². The van der Waals surface area contributed by atoms with E-state index in [2.05, 4.69) is 16.4 Å². The number of carbonyl (C=O) groups is 2. The molecular formula is C22H25N5O2. The van der Waals surface area contributed by atoms with Crippen molar-refractivity contribution >= 4 is 17.5 Å². The zero-order chi connectivity index (χ0) is 20.2. The second-order valence-corrected chi connectivity index (χ2v) is 7.69. The molecule has 1 saturated heterocycles. The number of carbonyl (C=O) groups excluding carboxylic acids is 2. The highest BCUT2D eigenvalue weighted by Crippen LogP contribution is 2.24. The van der Waals surface area contributed by atoms with Crippen molar-refractivity contribution in [2.24, 2.45) is 0 Å². The van der Waals surface area contributed by atoms with Crippen LogP contribution in [0.5, 0.6) is 0 Å². The number of nitriles is 1. The molecule has 1 aromatic heterocycles. The fourth-order valence-corrected chi connectivity index (χ4v) is 4.16. The fourth-order valence-electron chi connectivity index (χ4n) is 4.16. The maximum Gasteiger partial charge on any atom is 0.289 e. The molecule has 0 unspecified atom stereocenters. The molecule has 4 rings (SSSR count). The van der Waals surface area contributed by atoms with Gasteiger partial charge in [0.05, 0.1) is 17.3 Å². The largest absolute Gasteiger partial charge is 0.336 e. The highest BCUT2D eigenvalue weighted by atomic mass is 16.2. The monoisotopic (exact) mass is 391 g/mol. The van der Waals surface area contributed by atoms with Gasteiger partial charge in [-0.15, -0.1) is 0 Å². The Balaban J connectivity index is 1.62. The van der Waals surface area contributed by atoms with E-state index in [1.807, 2.05) is 9.47 Å². The van der Waals surface area contributed by atoms with E-state index in [4.69, 9.17) is 5.26 Å². The number of fused-ring (bicyclic) bond motifs is 1. The molecule has 1 fully saturated rings. The van der Waals surface area contributed by atoms with Crippen molar-refractivity contribution in [3.05, 3.63) is 47.0 Å². The topological polar surface area (TPSA) is 91.0 Å². The van der Waals surface area contributed by atoms with E-state index >= 15 is 0 Å². The molecular weight excluding hydrogens is 366 g/mol. The number of hydrogen-bond donors (Lipinski definition) is 1. The Morgan fingerprint density at radius 2 is 1.79 bits per heavy atom. The van der Waals surface area contributed by atoms with Gasteiger partial charge in [0.1, 0.15) is 0 Å². The van der Waals surface area contributed by atoms with E-state index in [1.165, 1.54) is 0 Å². The fraction of sp³-hybridized carbons (Fsp3) is 0.455. The van der Waals surface area contributed by atoms with Crippen molar-refractivity contribution in [2.45, 2.75) is 51.5 Å². The lowest BCUT2D eigenvalue weighted by molar-refractivity contribution is 0.0743. The van der Waals surface area contributed by atoms with Gasteiger partial charge in [-0.2, -0.15) is 5.26 Å². The summed E-state index contributed by atoms with van der Waals surface area (Å²) in [6.45, 7) is 2.22. The van der Waals surface area contributed by atoms with Gasteiger partial charge in [-0.05, 0) is 50.3 Å². The minimum atomic E-state index is -0.333. The summed E-state index contributed by atoms with van der Waals surface area (Å²) in [4.78, 5) is 32.6. The summed E-state index contributed by atoms with van der Waals surface area (Å²) in [5.74, 6) is -0.0150. The molecule has 150 valence electrons. The Labute approximate surface area is 170 Å². The molecule has 0 saturated carbocycles. The van der Waals surface area contributed by atoms with E-state index in [9.17, 15) is 9.59 Å². The van der Waals surface area contributed by atoms with E-state index < -0.39 is 0 Å². The number of amides is 2. The van der Waals surface area contributed by atoms with Crippen LogP contribution in [-0.2, 0) is 13.0 Å². The van der Waals surface area contributed by atoms with Gasteiger partial charge in [-0.25, -0.2) is 4.98 Å². The maximum absolute atomic E-state index is 13.2. The molecule has 2 aliphatic heterocycles. The zero-order valence-corrected chi connectivity index (χ0v) is 16.5. The summed E-state index contributed by atoms with van der Waals surface area (Å²) in [5, 5.41) is 11.9. The summed E-state index contributed by atoms with van der Waals surface area (Å²) in [6.07, 6.45) is 7.03. The number of imidazole rings is 1.